The molecule has 102 valence electrons. The lowest BCUT2D eigenvalue weighted by molar-refractivity contribution is 0.282. The Kier molecular flexibility index (Phi) is 5.00. The van der Waals surface area contributed by atoms with E-state index in [2.05, 4.69) is 6.07 Å². The minimum absolute atomic E-state index is 0.0671. The van der Waals surface area contributed by atoms with Crippen molar-refractivity contribution in [3.05, 3.63) is 59.1 Å². The van der Waals surface area contributed by atoms with Crippen LogP contribution in [0.3, 0.4) is 0 Å². The summed E-state index contributed by atoms with van der Waals surface area (Å²) in [7, 11) is 0. The number of nitriles is 1. The molecule has 0 heterocycles. The number of hydrogen-bond donors (Lipinski definition) is 1. The van der Waals surface area contributed by atoms with Gasteiger partial charge in [-0.15, -0.1) is 0 Å². The van der Waals surface area contributed by atoms with E-state index in [-0.39, 0.29) is 6.61 Å². The van der Waals surface area contributed by atoms with Gasteiger partial charge in [-0.25, -0.2) is 0 Å². The third-order valence-corrected chi connectivity index (χ3v) is 3.26. The van der Waals surface area contributed by atoms with Crippen LogP contribution in [-0.4, -0.2) is 11.7 Å². The minimum Gasteiger partial charge on any atom is -0.392 e. The molecule has 0 unspecified atom stereocenters. The van der Waals surface area contributed by atoms with Crippen molar-refractivity contribution in [3.8, 4) is 6.07 Å². The number of nitrogens with zero attached hydrogens (tertiary/aromatic N) is 2. The Morgan fingerprint density at radius 2 is 1.90 bits per heavy atom. The van der Waals surface area contributed by atoms with Crippen molar-refractivity contribution < 1.29 is 5.11 Å². The fourth-order valence-corrected chi connectivity index (χ4v) is 2.25. The quantitative estimate of drug-likeness (QED) is 0.907. The van der Waals surface area contributed by atoms with Gasteiger partial charge in [-0.3, -0.25) is 0 Å². The van der Waals surface area contributed by atoms with Crippen molar-refractivity contribution in [2.45, 2.75) is 13.0 Å². The maximum atomic E-state index is 9.50. The summed E-state index contributed by atoms with van der Waals surface area (Å²) in [5, 5.41) is 18.9. The predicted molar refractivity (Wildman–Crippen MR) is 81.1 cm³/mol. The Morgan fingerprint density at radius 3 is 2.55 bits per heavy atom. The van der Waals surface area contributed by atoms with Crippen LogP contribution >= 0.6 is 11.6 Å². The topological polar surface area (TPSA) is 47.3 Å². The van der Waals surface area contributed by atoms with Crippen LogP contribution in [0.4, 0.5) is 11.4 Å². The van der Waals surface area contributed by atoms with E-state index >= 15 is 0 Å². The number of aliphatic hydroxyl groups is 1. The molecule has 0 aliphatic rings. The molecule has 0 amide bonds. The molecule has 0 fully saturated rings. The first-order chi connectivity index (χ1) is 9.76. The zero-order chi connectivity index (χ0) is 14.4. The maximum absolute atomic E-state index is 9.50. The number of hydrogen-bond acceptors (Lipinski definition) is 3. The standard InChI is InChI=1S/C16H15ClN2O/c17-14-8-7-13(12-20)16(11-14)19(10-4-9-18)15-5-2-1-3-6-15/h1-3,5-8,11,20H,4,10,12H2. The van der Waals surface area contributed by atoms with E-state index in [9.17, 15) is 5.11 Å². The van der Waals surface area contributed by atoms with Crippen molar-refractivity contribution in [2.24, 2.45) is 0 Å². The Bertz CT molecular complexity index is 608. The van der Waals surface area contributed by atoms with E-state index < -0.39 is 0 Å². The monoisotopic (exact) mass is 286 g/mol. The van der Waals surface area contributed by atoms with Crippen LogP contribution in [0, 0.1) is 11.3 Å². The summed E-state index contributed by atoms with van der Waals surface area (Å²) in [6.45, 7) is 0.482. The van der Waals surface area contributed by atoms with Gasteiger partial charge < -0.3 is 10.0 Å². The lowest BCUT2D eigenvalue weighted by Crippen LogP contribution is -2.19. The van der Waals surface area contributed by atoms with Crippen LogP contribution in [-0.2, 0) is 6.61 Å². The third-order valence-electron chi connectivity index (χ3n) is 3.02. The van der Waals surface area contributed by atoms with Gasteiger partial charge in [-0.05, 0) is 24.3 Å². The highest BCUT2D eigenvalue weighted by Crippen LogP contribution is 2.31. The second kappa shape index (κ2) is 6.95. The highest BCUT2D eigenvalue weighted by atomic mass is 35.5. The molecule has 3 nitrogen and oxygen atoms in total. The highest BCUT2D eigenvalue weighted by molar-refractivity contribution is 6.30. The number of anilines is 2. The average molecular weight is 287 g/mol. The molecule has 0 spiro atoms. The first-order valence-electron chi connectivity index (χ1n) is 6.35. The van der Waals surface area contributed by atoms with E-state index in [0.29, 0.717) is 18.0 Å². The van der Waals surface area contributed by atoms with Gasteiger partial charge >= 0.3 is 0 Å². The van der Waals surface area contributed by atoms with Crippen LogP contribution < -0.4 is 4.90 Å². The average Bonchev–Trinajstić information content (AvgIpc) is 2.49. The van der Waals surface area contributed by atoms with Crippen molar-refractivity contribution in [3.63, 3.8) is 0 Å². The molecule has 0 radical (unpaired) electrons. The van der Waals surface area contributed by atoms with Gasteiger partial charge in [-0.2, -0.15) is 5.26 Å². The van der Waals surface area contributed by atoms with Gasteiger partial charge in [0.2, 0.25) is 0 Å². The molecule has 20 heavy (non-hydrogen) atoms. The molecular weight excluding hydrogens is 272 g/mol. The lowest BCUT2D eigenvalue weighted by atomic mass is 10.1. The lowest BCUT2D eigenvalue weighted by Gasteiger charge is -2.26. The minimum atomic E-state index is -0.0671. The number of halogens is 1. The molecular formula is C16H15ClN2O. The van der Waals surface area contributed by atoms with Crippen molar-refractivity contribution >= 4 is 23.0 Å². The number of benzene rings is 2. The summed E-state index contributed by atoms with van der Waals surface area (Å²) >= 11 is 6.07. The van der Waals surface area contributed by atoms with Crippen LogP contribution in [0.5, 0.6) is 0 Å². The molecule has 2 rings (SSSR count). The summed E-state index contributed by atoms with van der Waals surface area (Å²) in [6.07, 6.45) is 0.395. The molecule has 0 aromatic heterocycles. The molecule has 2 aromatic rings. The second-order valence-electron chi connectivity index (χ2n) is 4.33. The Morgan fingerprint density at radius 1 is 1.15 bits per heavy atom. The molecule has 0 bridgehead atoms. The normalized spacial score (nSPS) is 10.1. The first kappa shape index (κ1) is 14.4. The zero-order valence-electron chi connectivity index (χ0n) is 11.0. The molecule has 0 saturated carbocycles. The second-order valence-corrected chi connectivity index (χ2v) is 4.76. The number of aliphatic hydroxyl groups excluding tert-OH is 1. The largest absolute Gasteiger partial charge is 0.392 e. The van der Waals surface area contributed by atoms with Gasteiger partial charge in [-0.1, -0.05) is 35.9 Å². The predicted octanol–water partition coefficient (Wildman–Crippen LogP) is 3.88. The molecule has 1 N–H and O–H groups in total. The van der Waals surface area contributed by atoms with E-state index in [0.717, 1.165) is 16.9 Å². The summed E-state index contributed by atoms with van der Waals surface area (Å²) in [4.78, 5) is 2.00. The summed E-state index contributed by atoms with van der Waals surface area (Å²) in [5.74, 6) is 0. The Labute approximate surface area is 123 Å². The van der Waals surface area contributed by atoms with Crippen molar-refractivity contribution in [1.29, 1.82) is 5.26 Å². The van der Waals surface area contributed by atoms with Crippen LogP contribution in [0.25, 0.3) is 0 Å². The van der Waals surface area contributed by atoms with Crippen LogP contribution in [0.15, 0.2) is 48.5 Å². The Hall–Kier alpha value is -2.02. The third kappa shape index (κ3) is 3.30. The fourth-order valence-electron chi connectivity index (χ4n) is 2.08. The van der Waals surface area contributed by atoms with Gasteiger partial charge in [0.1, 0.15) is 0 Å². The summed E-state index contributed by atoms with van der Waals surface area (Å²) < 4.78 is 0. The van der Waals surface area contributed by atoms with E-state index in [1.807, 2.05) is 41.3 Å². The van der Waals surface area contributed by atoms with Gasteiger partial charge in [0, 0.05) is 28.5 Å². The van der Waals surface area contributed by atoms with Crippen LogP contribution in [0.1, 0.15) is 12.0 Å². The summed E-state index contributed by atoms with van der Waals surface area (Å²) in [6, 6.07) is 17.3. The van der Waals surface area contributed by atoms with Gasteiger partial charge in [0.25, 0.3) is 0 Å². The first-order valence-corrected chi connectivity index (χ1v) is 6.73. The molecule has 0 atom stereocenters. The highest BCUT2D eigenvalue weighted by Gasteiger charge is 2.13. The molecule has 4 heteroatoms. The zero-order valence-corrected chi connectivity index (χ0v) is 11.7. The fraction of sp³-hybridized carbons (Fsp3) is 0.188. The smallest absolute Gasteiger partial charge is 0.0702 e. The molecule has 2 aromatic carbocycles. The maximum Gasteiger partial charge on any atom is 0.0702 e. The van der Waals surface area contributed by atoms with Crippen LogP contribution in [0.2, 0.25) is 5.02 Å². The van der Waals surface area contributed by atoms with E-state index in [4.69, 9.17) is 16.9 Å². The Balaban J connectivity index is 2.46. The SMILES string of the molecule is N#CCCN(c1ccccc1)c1cc(Cl)ccc1CO. The summed E-state index contributed by atoms with van der Waals surface area (Å²) in [5.41, 5.74) is 2.59. The van der Waals surface area contributed by atoms with E-state index in [1.54, 1.807) is 12.1 Å². The van der Waals surface area contributed by atoms with Gasteiger partial charge in [0.05, 0.1) is 19.1 Å². The molecule has 0 aliphatic heterocycles. The van der Waals surface area contributed by atoms with Gasteiger partial charge in [0.15, 0.2) is 0 Å². The van der Waals surface area contributed by atoms with Crippen molar-refractivity contribution in [1.82, 2.24) is 0 Å². The molecule has 0 saturated heterocycles. The van der Waals surface area contributed by atoms with E-state index in [1.165, 1.54) is 0 Å². The number of rotatable bonds is 5. The number of para-hydroxylation sites is 1. The van der Waals surface area contributed by atoms with Crippen molar-refractivity contribution in [2.75, 3.05) is 11.4 Å². The molecule has 0 aliphatic carbocycles.